The number of hydrogen-bond acceptors (Lipinski definition) is 4. The summed E-state index contributed by atoms with van der Waals surface area (Å²) in [4.78, 5) is 0. The van der Waals surface area contributed by atoms with Gasteiger partial charge in [0.2, 0.25) is 0 Å². The maximum absolute atomic E-state index is 9.01. The van der Waals surface area contributed by atoms with Gasteiger partial charge < -0.3 is 19.3 Å². The zero-order chi connectivity index (χ0) is 10.5. The topological polar surface area (TPSA) is 47.9 Å². The van der Waals surface area contributed by atoms with Gasteiger partial charge in [0.05, 0.1) is 25.4 Å². The number of aliphatic hydroxyl groups excluding tert-OH is 1. The molecule has 2 aliphatic rings. The van der Waals surface area contributed by atoms with E-state index < -0.39 is 0 Å². The van der Waals surface area contributed by atoms with Crippen LogP contribution in [0.1, 0.15) is 32.1 Å². The van der Waals surface area contributed by atoms with Crippen LogP contribution in [0.5, 0.6) is 0 Å². The molecule has 0 aromatic carbocycles. The third kappa shape index (κ3) is 3.41. The first-order valence-corrected chi connectivity index (χ1v) is 5.88. The van der Waals surface area contributed by atoms with Crippen LogP contribution in [0.4, 0.5) is 0 Å². The third-order valence-electron chi connectivity index (χ3n) is 2.98. The minimum absolute atomic E-state index is 0.0340. The van der Waals surface area contributed by atoms with Crippen LogP contribution in [0.3, 0.4) is 0 Å². The molecule has 3 atom stereocenters. The van der Waals surface area contributed by atoms with Crippen molar-refractivity contribution in [1.82, 2.24) is 0 Å². The van der Waals surface area contributed by atoms with E-state index in [1.165, 1.54) is 0 Å². The zero-order valence-corrected chi connectivity index (χ0v) is 9.06. The van der Waals surface area contributed by atoms with Crippen molar-refractivity contribution in [3.05, 3.63) is 0 Å². The van der Waals surface area contributed by atoms with Crippen LogP contribution in [-0.4, -0.2) is 43.4 Å². The molecule has 15 heavy (non-hydrogen) atoms. The predicted molar refractivity (Wildman–Crippen MR) is 54.5 cm³/mol. The van der Waals surface area contributed by atoms with Gasteiger partial charge in [-0.05, 0) is 32.1 Å². The van der Waals surface area contributed by atoms with Crippen molar-refractivity contribution in [1.29, 1.82) is 0 Å². The molecule has 0 aromatic rings. The largest absolute Gasteiger partial charge is 0.394 e. The number of aliphatic hydroxyl groups is 1. The smallest absolute Gasteiger partial charge is 0.158 e. The summed E-state index contributed by atoms with van der Waals surface area (Å²) in [7, 11) is 0. The van der Waals surface area contributed by atoms with E-state index in [-0.39, 0.29) is 25.1 Å². The highest BCUT2D eigenvalue weighted by atomic mass is 16.7. The second-order valence-corrected chi connectivity index (χ2v) is 4.28. The normalized spacial score (nSPS) is 37.8. The van der Waals surface area contributed by atoms with Gasteiger partial charge in [0.25, 0.3) is 0 Å². The summed E-state index contributed by atoms with van der Waals surface area (Å²) in [6.45, 7) is 1.63. The van der Waals surface area contributed by atoms with E-state index >= 15 is 0 Å². The first-order chi connectivity index (χ1) is 7.38. The van der Waals surface area contributed by atoms with Gasteiger partial charge in [0.1, 0.15) is 0 Å². The van der Waals surface area contributed by atoms with Crippen molar-refractivity contribution in [3.63, 3.8) is 0 Å². The monoisotopic (exact) mass is 216 g/mol. The molecule has 0 aromatic heterocycles. The molecule has 4 heteroatoms. The standard InChI is InChI=1S/C11H20O4/c12-7-9-3-1-5-11(14-9)15-10-4-2-6-13-8-10/h9-12H,1-8H2/t9?,10-,11?/m0/s1. The lowest BCUT2D eigenvalue weighted by Crippen LogP contribution is -2.37. The Balaban J connectivity index is 1.72. The molecule has 0 aliphatic carbocycles. The zero-order valence-electron chi connectivity index (χ0n) is 9.06. The quantitative estimate of drug-likeness (QED) is 0.766. The van der Waals surface area contributed by atoms with Crippen molar-refractivity contribution >= 4 is 0 Å². The van der Waals surface area contributed by atoms with E-state index in [1.807, 2.05) is 0 Å². The molecule has 0 saturated carbocycles. The van der Waals surface area contributed by atoms with Crippen molar-refractivity contribution in [2.24, 2.45) is 0 Å². The van der Waals surface area contributed by atoms with E-state index in [4.69, 9.17) is 19.3 Å². The summed E-state index contributed by atoms with van der Waals surface area (Å²) in [5, 5.41) is 9.01. The molecule has 88 valence electrons. The van der Waals surface area contributed by atoms with Gasteiger partial charge in [-0.15, -0.1) is 0 Å². The Labute approximate surface area is 90.5 Å². The molecule has 2 unspecified atom stereocenters. The van der Waals surface area contributed by atoms with Crippen LogP contribution in [0.2, 0.25) is 0 Å². The molecule has 0 bridgehead atoms. The fourth-order valence-electron chi connectivity index (χ4n) is 2.13. The Bertz CT molecular complexity index is 179. The average molecular weight is 216 g/mol. The van der Waals surface area contributed by atoms with Crippen molar-refractivity contribution in [2.45, 2.75) is 50.6 Å². The van der Waals surface area contributed by atoms with Crippen LogP contribution in [0.15, 0.2) is 0 Å². The van der Waals surface area contributed by atoms with Crippen molar-refractivity contribution < 1.29 is 19.3 Å². The first kappa shape index (κ1) is 11.3. The molecule has 2 heterocycles. The summed E-state index contributed by atoms with van der Waals surface area (Å²) in [5.41, 5.74) is 0. The van der Waals surface area contributed by atoms with Crippen LogP contribution >= 0.6 is 0 Å². The highest BCUT2D eigenvalue weighted by Crippen LogP contribution is 2.22. The van der Waals surface area contributed by atoms with E-state index in [9.17, 15) is 0 Å². The molecule has 4 nitrogen and oxygen atoms in total. The molecular weight excluding hydrogens is 196 g/mol. The number of ether oxygens (including phenoxy) is 3. The van der Waals surface area contributed by atoms with E-state index in [0.717, 1.165) is 38.7 Å². The summed E-state index contributed by atoms with van der Waals surface area (Å²) in [5.74, 6) is 0. The van der Waals surface area contributed by atoms with Gasteiger partial charge in [0, 0.05) is 6.61 Å². The highest BCUT2D eigenvalue weighted by Gasteiger charge is 2.26. The lowest BCUT2D eigenvalue weighted by atomic mass is 10.1. The predicted octanol–water partition coefficient (Wildman–Crippen LogP) is 1.07. The highest BCUT2D eigenvalue weighted by molar-refractivity contribution is 4.68. The summed E-state index contributed by atoms with van der Waals surface area (Å²) < 4.78 is 16.8. The van der Waals surface area contributed by atoms with E-state index in [0.29, 0.717) is 6.61 Å². The maximum atomic E-state index is 9.01. The molecule has 2 saturated heterocycles. The Kier molecular flexibility index (Phi) is 4.38. The van der Waals surface area contributed by atoms with Crippen LogP contribution in [-0.2, 0) is 14.2 Å². The lowest BCUT2D eigenvalue weighted by molar-refractivity contribution is -0.233. The second kappa shape index (κ2) is 5.80. The molecule has 2 fully saturated rings. The molecule has 0 spiro atoms. The maximum Gasteiger partial charge on any atom is 0.158 e. The Morgan fingerprint density at radius 1 is 1.20 bits per heavy atom. The van der Waals surface area contributed by atoms with Gasteiger partial charge in [-0.2, -0.15) is 0 Å². The Morgan fingerprint density at radius 3 is 2.87 bits per heavy atom. The Morgan fingerprint density at radius 2 is 2.13 bits per heavy atom. The minimum atomic E-state index is -0.136. The summed E-state index contributed by atoms with van der Waals surface area (Å²) in [6, 6.07) is 0. The van der Waals surface area contributed by atoms with E-state index in [1.54, 1.807) is 0 Å². The van der Waals surface area contributed by atoms with Crippen LogP contribution in [0.25, 0.3) is 0 Å². The fourth-order valence-corrected chi connectivity index (χ4v) is 2.13. The van der Waals surface area contributed by atoms with Crippen LogP contribution in [0, 0.1) is 0 Å². The summed E-state index contributed by atoms with van der Waals surface area (Å²) >= 11 is 0. The third-order valence-corrected chi connectivity index (χ3v) is 2.98. The fraction of sp³-hybridized carbons (Fsp3) is 1.00. The van der Waals surface area contributed by atoms with Crippen molar-refractivity contribution in [3.8, 4) is 0 Å². The lowest BCUT2D eigenvalue weighted by Gasteiger charge is -2.33. The number of rotatable bonds is 3. The average Bonchev–Trinajstić information content (AvgIpc) is 2.31. The molecule has 2 aliphatic heterocycles. The molecule has 2 rings (SSSR count). The summed E-state index contributed by atoms with van der Waals surface area (Å²) in [6.07, 6.45) is 5.09. The first-order valence-electron chi connectivity index (χ1n) is 5.88. The molecule has 0 amide bonds. The molecule has 1 N–H and O–H groups in total. The van der Waals surface area contributed by atoms with Gasteiger partial charge in [-0.1, -0.05) is 0 Å². The van der Waals surface area contributed by atoms with Crippen molar-refractivity contribution in [2.75, 3.05) is 19.8 Å². The second-order valence-electron chi connectivity index (χ2n) is 4.28. The van der Waals surface area contributed by atoms with Gasteiger partial charge in [-0.3, -0.25) is 0 Å². The van der Waals surface area contributed by atoms with Gasteiger partial charge in [-0.25, -0.2) is 0 Å². The van der Waals surface area contributed by atoms with E-state index in [2.05, 4.69) is 0 Å². The number of hydrogen-bond donors (Lipinski definition) is 1. The molecular formula is C11H20O4. The molecule has 0 radical (unpaired) electrons. The SMILES string of the molecule is OCC1CCCC(O[C@H]2CCCOC2)O1. The van der Waals surface area contributed by atoms with Gasteiger partial charge >= 0.3 is 0 Å². The Hall–Kier alpha value is -0.160. The van der Waals surface area contributed by atoms with Gasteiger partial charge in [0.15, 0.2) is 6.29 Å². The minimum Gasteiger partial charge on any atom is -0.394 e. The van der Waals surface area contributed by atoms with Crippen LogP contribution < -0.4 is 0 Å².